The van der Waals surface area contributed by atoms with Crippen molar-refractivity contribution in [2.75, 3.05) is 19.6 Å². The lowest BCUT2D eigenvalue weighted by Gasteiger charge is -2.37. The molecule has 2 aliphatic heterocycles. The zero-order valence-corrected chi connectivity index (χ0v) is 10.1. The molecule has 4 heteroatoms. The van der Waals surface area contributed by atoms with E-state index in [0.717, 1.165) is 25.3 Å². The summed E-state index contributed by atoms with van der Waals surface area (Å²) in [5.74, 6) is 0. The predicted molar refractivity (Wildman–Crippen MR) is 65.2 cm³/mol. The van der Waals surface area contributed by atoms with Gasteiger partial charge in [0, 0.05) is 6.54 Å². The minimum Gasteiger partial charge on any atom is -0.369 e. The maximum absolute atomic E-state index is 9.18. The minimum atomic E-state index is -0.621. The second kappa shape index (κ2) is 4.55. The largest absolute Gasteiger partial charge is 0.369 e. The van der Waals surface area contributed by atoms with Crippen molar-refractivity contribution in [3.63, 3.8) is 0 Å². The highest BCUT2D eigenvalue weighted by atomic mass is 16.3. The van der Waals surface area contributed by atoms with Crippen LogP contribution in [0.15, 0.2) is 17.3 Å². The zero-order valence-electron chi connectivity index (χ0n) is 10.1. The first kappa shape index (κ1) is 11.6. The Morgan fingerprint density at radius 1 is 1.50 bits per heavy atom. The van der Waals surface area contributed by atoms with Gasteiger partial charge >= 0.3 is 0 Å². The van der Waals surface area contributed by atoms with Gasteiger partial charge in [0.25, 0.3) is 0 Å². The van der Waals surface area contributed by atoms with Gasteiger partial charge in [-0.25, -0.2) is 0 Å². The van der Waals surface area contributed by atoms with Crippen LogP contribution in [-0.2, 0) is 0 Å². The molecule has 0 bridgehead atoms. The van der Waals surface area contributed by atoms with Crippen molar-refractivity contribution >= 4 is 5.71 Å². The fourth-order valence-corrected chi connectivity index (χ4v) is 2.07. The monoisotopic (exact) mass is 223 g/mol. The quantitative estimate of drug-likeness (QED) is 0.732. The van der Waals surface area contributed by atoms with E-state index in [1.807, 2.05) is 6.08 Å². The van der Waals surface area contributed by atoms with E-state index in [4.69, 9.17) is 0 Å². The van der Waals surface area contributed by atoms with Gasteiger partial charge in [0.1, 0.15) is 0 Å². The molecule has 0 aromatic heterocycles. The fourth-order valence-electron chi connectivity index (χ4n) is 2.07. The average Bonchev–Trinajstić information content (AvgIpc) is 2.24. The molecule has 1 saturated heterocycles. The molecule has 0 saturated carbocycles. The smallest absolute Gasteiger partial charge is 0.159 e. The summed E-state index contributed by atoms with van der Waals surface area (Å²) < 4.78 is 0. The number of aliphatic hydroxyl groups is 1. The van der Waals surface area contributed by atoms with Crippen LogP contribution in [0.1, 0.15) is 26.7 Å². The molecule has 2 N–H and O–H groups in total. The summed E-state index contributed by atoms with van der Waals surface area (Å²) >= 11 is 0. The second-order valence-electron chi connectivity index (χ2n) is 5.48. The van der Waals surface area contributed by atoms with Crippen molar-refractivity contribution in [2.45, 2.75) is 32.9 Å². The molecule has 4 nitrogen and oxygen atoms in total. The molecule has 0 aliphatic carbocycles. The maximum Gasteiger partial charge on any atom is 0.159 e. The molecular formula is C12H21N3O. The van der Waals surface area contributed by atoms with Crippen molar-refractivity contribution in [3.8, 4) is 0 Å². The molecule has 0 spiro atoms. The molecular weight excluding hydrogens is 202 g/mol. The van der Waals surface area contributed by atoms with Gasteiger partial charge in [0.05, 0.1) is 5.71 Å². The third-order valence-electron chi connectivity index (χ3n) is 3.41. The highest BCUT2D eigenvalue weighted by Crippen LogP contribution is 2.29. The van der Waals surface area contributed by atoms with E-state index in [9.17, 15) is 5.11 Å². The summed E-state index contributed by atoms with van der Waals surface area (Å²) in [4.78, 5) is 2.42. The van der Waals surface area contributed by atoms with Gasteiger partial charge < -0.3 is 5.11 Å². The SMILES string of the molecule is CC1(C)CCN(CC2=NNC(O)C=C2)CC1. The number of rotatable bonds is 2. The zero-order chi connectivity index (χ0) is 11.6. The maximum atomic E-state index is 9.18. The summed E-state index contributed by atoms with van der Waals surface area (Å²) in [6, 6.07) is 0. The van der Waals surface area contributed by atoms with E-state index in [0.29, 0.717) is 5.41 Å². The van der Waals surface area contributed by atoms with Gasteiger partial charge in [-0.05, 0) is 43.5 Å². The Kier molecular flexibility index (Phi) is 3.30. The Morgan fingerprint density at radius 3 is 2.75 bits per heavy atom. The summed E-state index contributed by atoms with van der Waals surface area (Å²) in [5.41, 5.74) is 4.17. The van der Waals surface area contributed by atoms with Crippen molar-refractivity contribution in [1.29, 1.82) is 0 Å². The van der Waals surface area contributed by atoms with Crippen LogP contribution in [0.3, 0.4) is 0 Å². The number of aliphatic hydroxyl groups excluding tert-OH is 1. The molecule has 1 atom stereocenters. The predicted octanol–water partition coefficient (Wildman–Crippen LogP) is 0.942. The van der Waals surface area contributed by atoms with Crippen LogP contribution in [0.2, 0.25) is 0 Å². The minimum absolute atomic E-state index is 0.495. The summed E-state index contributed by atoms with van der Waals surface area (Å²) in [7, 11) is 0. The van der Waals surface area contributed by atoms with Crippen molar-refractivity contribution in [3.05, 3.63) is 12.2 Å². The topological polar surface area (TPSA) is 47.9 Å². The first-order chi connectivity index (χ1) is 7.55. The molecule has 0 radical (unpaired) electrons. The Labute approximate surface area is 97.0 Å². The molecule has 0 amide bonds. The van der Waals surface area contributed by atoms with Gasteiger partial charge in [-0.15, -0.1) is 0 Å². The Morgan fingerprint density at radius 2 is 2.19 bits per heavy atom. The Balaban J connectivity index is 1.81. The number of hydrogen-bond donors (Lipinski definition) is 2. The fraction of sp³-hybridized carbons (Fsp3) is 0.750. The molecule has 1 fully saturated rings. The second-order valence-corrected chi connectivity index (χ2v) is 5.48. The summed E-state index contributed by atoms with van der Waals surface area (Å²) in [5, 5.41) is 13.3. The molecule has 90 valence electrons. The van der Waals surface area contributed by atoms with Crippen LogP contribution in [0.4, 0.5) is 0 Å². The van der Waals surface area contributed by atoms with Crippen molar-refractivity contribution in [2.24, 2.45) is 10.5 Å². The lowest BCUT2D eigenvalue weighted by Crippen LogP contribution is -2.41. The molecule has 2 rings (SSSR count). The molecule has 1 unspecified atom stereocenters. The Hall–Kier alpha value is -0.870. The summed E-state index contributed by atoms with van der Waals surface area (Å²) in [6.45, 7) is 7.83. The molecule has 2 aliphatic rings. The molecule has 2 heterocycles. The van der Waals surface area contributed by atoms with Gasteiger partial charge in [0.2, 0.25) is 0 Å². The number of nitrogens with zero attached hydrogens (tertiary/aromatic N) is 2. The third kappa shape index (κ3) is 3.06. The van der Waals surface area contributed by atoms with Gasteiger partial charge in [0.15, 0.2) is 6.23 Å². The van der Waals surface area contributed by atoms with Crippen LogP contribution >= 0.6 is 0 Å². The summed E-state index contributed by atoms with van der Waals surface area (Å²) in [6.07, 6.45) is 5.51. The van der Waals surface area contributed by atoms with E-state index in [-0.39, 0.29) is 0 Å². The first-order valence-electron chi connectivity index (χ1n) is 5.96. The normalized spacial score (nSPS) is 29.7. The van der Waals surface area contributed by atoms with Crippen molar-refractivity contribution in [1.82, 2.24) is 10.3 Å². The Bertz CT molecular complexity index is 299. The highest BCUT2D eigenvalue weighted by Gasteiger charge is 2.25. The lowest BCUT2D eigenvalue weighted by molar-refractivity contribution is 0.146. The molecule has 0 aromatic rings. The van der Waals surface area contributed by atoms with Gasteiger partial charge in [-0.2, -0.15) is 5.10 Å². The van der Waals surface area contributed by atoms with E-state index in [2.05, 4.69) is 29.3 Å². The highest BCUT2D eigenvalue weighted by molar-refractivity contribution is 5.96. The van der Waals surface area contributed by atoms with Crippen LogP contribution in [0.5, 0.6) is 0 Å². The van der Waals surface area contributed by atoms with Crippen molar-refractivity contribution < 1.29 is 5.11 Å². The molecule has 16 heavy (non-hydrogen) atoms. The number of hydrogen-bond acceptors (Lipinski definition) is 4. The van der Waals surface area contributed by atoms with Crippen LogP contribution in [-0.4, -0.2) is 41.6 Å². The van der Waals surface area contributed by atoms with Crippen LogP contribution in [0.25, 0.3) is 0 Å². The number of likely N-dealkylation sites (tertiary alicyclic amines) is 1. The third-order valence-corrected chi connectivity index (χ3v) is 3.41. The van der Waals surface area contributed by atoms with E-state index >= 15 is 0 Å². The van der Waals surface area contributed by atoms with Gasteiger partial charge in [-0.1, -0.05) is 13.8 Å². The number of hydrazone groups is 1. The van der Waals surface area contributed by atoms with Crippen LogP contribution < -0.4 is 5.43 Å². The van der Waals surface area contributed by atoms with E-state index in [1.54, 1.807) is 6.08 Å². The standard InChI is InChI=1S/C12H21N3O/c1-12(2)5-7-15(8-6-12)9-10-3-4-11(16)14-13-10/h3-4,11,14,16H,5-9H2,1-2H3. The average molecular weight is 223 g/mol. The van der Waals surface area contributed by atoms with E-state index in [1.165, 1.54) is 12.8 Å². The van der Waals surface area contributed by atoms with Crippen LogP contribution in [0, 0.1) is 5.41 Å². The lowest BCUT2D eigenvalue weighted by atomic mass is 9.82. The van der Waals surface area contributed by atoms with E-state index < -0.39 is 6.23 Å². The molecule has 0 aromatic carbocycles. The van der Waals surface area contributed by atoms with Gasteiger partial charge in [-0.3, -0.25) is 10.3 Å². The number of nitrogens with one attached hydrogen (secondary N) is 1. The first-order valence-corrected chi connectivity index (χ1v) is 5.96. The number of piperidine rings is 1.